The van der Waals surface area contributed by atoms with Gasteiger partial charge in [0.1, 0.15) is 28.6 Å². The Labute approximate surface area is 208 Å². The molecule has 1 saturated heterocycles. The molecular formula is C27H28FN5O3. The van der Waals surface area contributed by atoms with Crippen LogP contribution in [0.15, 0.2) is 42.6 Å². The van der Waals surface area contributed by atoms with Gasteiger partial charge in [0.15, 0.2) is 11.6 Å². The standard InChI is InChI=1S/C27H28FN5O3/c1-16-30-25-21(32(16)2)10-9-17(26(25)33-13-5-6-18(33)15-34)14-22(35)20-11-12-29-27(31-20)24-19(28)7-4-8-23(24)36-3/h4,7-12,18,34H,5-6,13-15H2,1-3H3/t18-/m1/s1. The number of carbonyl (C=O) groups excluding carboxylic acids is 1. The number of fused-ring (bicyclic) bond motifs is 1. The number of rotatable bonds is 7. The van der Waals surface area contributed by atoms with E-state index in [9.17, 15) is 14.3 Å². The number of methoxy groups -OCH3 is 1. The van der Waals surface area contributed by atoms with Crippen LogP contribution in [0.1, 0.15) is 34.7 Å². The van der Waals surface area contributed by atoms with Gasteiger partial charge < -0.3 is 19.3 Å². The number of aliphatic hydroxyl groups excluding tert-OH is 1. The summed E-state index contributed by atoms with van der Waals surface area (Å²) in [6, 6.07) is 9.91. The number of ketones is 1. The van der Waals surface area contributed by atoms with Crippen molar-refractivity contribution in [2.45, 2.75) is 32.2 Å². The van der Waals surface area contributed by atoms with Crippen molar-refractivity contribution in [1.29, 1.82) is 0 Å². The molecule has 2 aromatic heterocycles. The van der Waals surface area contributed by atoms with E-state index in [2.05, 4.69) is 14.9 Å². The molecule has 1 fully saturated rings. The largest absolute Gasteiger partial charge is 0.496 e. The smallest absolute Gasteiger partial charge is 0.185 e. The number of hydrogen-bond donors (Lipinski definition) is 1. The summed E-state index contributed by atoms with van der Waals surface area (Å²) < 4.78 is 21.9. The first kappa shape index (κ1) is 23.9. The molecule has 2 aromatic carbocycles. The molecule has 0 radical (unpaired) electrons. The Morgan fingerprint density at radius 3 is 2.83 bits per heavy atom. The van der Waals surface area contributed by atoms with Gasteiger partial charge in [0.25, 0.3) is 0 Å². The zero-order chi connectivity index (χ0) is 25.4. The van der Waals surface area contributed by atoms with Gasteiger partial charge in [-0.2, -0.15) is 0 Å². The van der Waals surface area contributed by atoms with Crippen LogP contribution in [0.5, 0.6) is 5.75 Å². The van der Waals surface area contributed by atoms with Gasteiger partial charge in [-0.3, -0.25) is 4.79 Å². The summed E-state index contributed by atoms with van der Waals surface area (Å²) in [6.07, 6.45) is 3.38. The van der Waals surface area contributed by atoms with E-state index in [4.69, 9.17) is 9.72 Å². The zero-order valence-electron chi connectivity index (χ0n) is 20.5. The van der Waals surface area contributed by atoms with Crippen LogP contribution in [-0.2, 0) is 13.5 Å². The van der Waals surface area contributed by atoms with E-state index in [1.54, 1.807) is 12.1 Å². The molecule has 0 amide bonds. The van der Waals surface area contributed by atoms with E-state index in [1.807, 2.05) is 30.7 Å². The summed E-state index contributed by atoms with van der Waals surface area (Å²) >= 11 is 0. The first-order valence-electron chi connectivity index (χ1n) is 11.9. The predicted molar refractivity (Wildman–Crippen MR) is 135 cm³/mol. The molecule has 1 N–H and O–H groups in total. The monoisotopic (exact) mass is 489 g/mol. The van der Waals surface area contributed by atoms with Gasteiger partial charge >= 0.3 is 0 Å². The lowest BCUT2D eigenvalue weighted by molar-refractivity contribution is 0.0988. The molecule has 8 nitrogen and oxygen atoms in total. The Morgan fingerprint density at radius 2 is 2.06 bits per heavy atom. The van der Waals surface area contributed by atoms with Crippen LogP contribution in [0.2, 0.25) is 0 Å². The molecule has 0 unspecified atom stereocenters. The van der Waals surface area contributed by atoms with Crippen molar-refractivity contribution < 1.29 is 19.0 Å². The molecule has 5 rings (SSSR count). The van der Waals surface area contributed by atoms with Crippen LogP contribution < -0.4 is 9.64 Å². The molecule has 1 aliphatic heterocycles. The molecule has 36 heavy (non-hydrogen) atoms. The second kappa shape index (κ2) is 9.66. The number of aliphatic hydroxyl groups is 1. The summed E-state index contributed by atoms with van der Waals surface area (Å²) in [5.74, 6) is 0.505. The zero-order valence-corrected chi connectivity index (χ0v) is 20.5. The van der Waals surface area contributed by atoms with Crippen molar-refractivity contribution in [3.05, 3.63) is 65.5 Å². The summed E-state index contributed by atoms with van der Waals surface area (Å²) in [4.78, 5) is 29.0. The highest BCUT2D eigenvalue weighted by Gasteiger charge is 2.29. The van der Waals surface area contributed by atoms with Crippen LogP contribution in [0.4, 0.5) is 10.1 Å². The van der Waals surface area contributed by atoms with E-state index >= 15 is 0 Å². The minimum atomic E-state index is -0.527. The number of ether oxygens (including phenoxy) is 1. The first-order chi connectivity index (χ1) is 17.4. The molecule has 3 heterocycles. The second-order valence-electron chi connectivity index (χ2n) is 9.01. The molecule has 9 heteroatoms. The number of nitrogens with zero attached hydrogens (tertiary/aromatic N) is 5. The molecule has 0 bridgehead atoms. The third-order valence-electron chi connectivity index (χ3n) is 6.92. The summed E-state index contributed by atoms with van der Waals surface area (Å²) in [5, 5.41) is 9.99. The van der Waals surface area contributed by atoms with Crippen molar-refractivity contribution >= 4 is 22.5 Å². The quantitative estimate of drug-likeness (QED) is 0.394. The van der Waals surface area contributed by atoms with Gasteiger partial charge in [0.2, 0.25) is 0 Å². The maximum atomic E-state index is 14.6. The highest BCUT2D eigenvalue weighted by atomic mass is 19.1. The Bertz CT molecular complexity index is 1450. The Hall–Kier alpha value is -3.85. The topological polar surface area (TPSA) is 93.4 Å². The number of imidazole rings is 1. The lowest BCUT2D eigenvalue weighted by Gasteiger charge is -2.28. The fourth-order valence-corrected chi connectivity index (χ4v) is 4.98. The number of hydrogen-bond acceptors (Lipinski definition) is 7. The lowest BCUT2D eigenvalue weighted by atomic mass is 10.0. The molecule has 0 saturated carbocycles. The Kier molecular flexibility index (Phi) is 6.40. The maximum Gasteiger partial charge on any atom is 0.185 e. The minimum Gasteiger partial charge on any atom is -0.496 e. The van der Waals surface area contributed by atoms with Crippen molar-refractivity contribution in [2.75, 3.05) is 25.2 Å². The first-order valence-corrected chi connectivity index (χ1v) is 11.9. The third-order valence-corrected chi connectivity index (χ3v) is 6.92. The van der Waals surface area contributed by atoms with E-state index in [0.717, 1.165) is 47.5 Å². The third kappa shape index (κ3) is 4.09. The Morgan fingerprint density at radius 1 is 1.22 bits per heavy atom. The van der Waals surface area contributed by atoms with Gasteiger partial charge in [-0.1, -0.05) is 12.1 Å². The van der Waals surface area contributed by atoms with Gasteiger partial charge in [-0.25, -0.2) is 19.3 Å². The summed E-state index contributed by atoms with van der Waals surface area (Å²) in [6.45, 7) is 2.77. The number of aryl methyl sites for hydroxylation is 2. The van der Waals surface area contributed by atoms with E-state index in [-0.39, 0.29) is 41.9 Å². The lowest BCUT2D eigenvalue weighted by Crippen LogP contribution is -2.33. The van der Waals surface area contributed by atoms with Crippen LogP contribution in [0.25, 0.3) is 22.4 Å². The number of aromatic nitrogens is 4. The maximum absolute atomic E-state index is 14.6. The molecule has 1 aliphatic rings. The van der Waals surface area contributed by atoms with Crippen molar-refractivity contribution in [3.63, 3.8) is 0 Å². The van der Waals surface area contributed by atoms with Crippen LogP contribution in [0.3, 0.4) is 0 Å². The number of benzene rings is 2. The molecule has 0 aliphatic carbocycles. The fraction of sp³-hybridized carbons (Fsp3) is 0.333. The van der Waals surface area contributed by atoms with Gasteiger partial charge in [0.05, 0.1) is 36.5 Å². The average Bonchev–Trinajstić information content (AvgIpc) is 3.47. The van der Waals surface area contributed by atoms with Crippen LogP contribution >= 0.6 is 0 Å². The average molecular weight is 490 g/mol. The Balaban J connectivity index is 1.55. The van der Waals surface area contributed by atoms with Crippen LogP contribution in [0, 0.1) is 12.7 Å². The summed E-state index contributed by atoms with van der Waals surface area (Å²) in [7, 11) is 3.41. The summed E-state index contributed by atoms with van der Waals surface area (Å²) in [5.41, 5.74) is 3.79. The van der Waals surface area contributed by atoms with Gasteiger partial charge in [-0.05, 0) is 49.6 Å². The highest BCUT2D eigenvalue weighted by molar-refractivity contribution is 6.00. The number of Topliss-reactive ketones (excluding diaryl/α,β-unsaturated/α-hetero) is 1. The predicted octanol–water partition coefficient (Wildman–Crippen LogP) is 3.87. The molecule has 4 aromatic rings. The van der Waals surface area contributed by atoms with Crippen molar-refractivity contribution in [1.82, 2.24) is 19.5 Å². The van der Waals surface area contributed by atoms with E-state index in [1.165, 1.54) is 25.4 Å². The molecular weight excluding hydrogens is 461 g/mol. The second-order valence-corrected chi connectivity index (χ2v) is 9.01. The SMILES string of the molecule is COc1cccc(F)c1-c1nccc(C(=O)Cc2ccc3c(nc(C)n3C)c2N2CCC[C@@H]2CO)n1. The highest BCUT2D eigenvalue weighted by Crippen LogP contribution is 2.36. The molecule has 1 atom stereocenters. The van der Waals surface area contributed by atoms with Gasteiger partial charge in [-0.15, -0.1) is 0 Å². The molecule has 0 spiro atoms. The van der Waals surface area contributed by atoms with E-state index < -0.39 is 5.82 Å². The minimum absolute atomic E-state index is 0.0223. The van der Waals surface area contributed by atoms with Crippen LogP contribution in [-0.4, -0.2) is 56.7 Å². The van der Waals surface area contributed by atoms with Crippen molar-refractivity contribution in [3.8, 4) is 17.1 Å². The van der Waals surface area contributed by atoms with Gasteiger partial charge in [0, 0.05) is 26.2 Å². The molecule has 186 valence electrons. The number of carbonyl (C=O) groups is 1. The number of halogens is 1. The number of anilines is 1. The fourth-order valence-electron chi connectivity index (χ4n) is 4.98. The van der Waals surface area contributed by atoms with Crippen molar-refractivity contribution in [2.24, 2.45) is 7.05 Å². The normalized spacial score (nSPS) is 15.6. The van der Waals surface area contributed by atoms with E-state index in [0.29, 0.717) is 5.75 Å².